The van der Waals surface area contributed by atoms with E-state index in [0.717, 1.165) is 38.3 Å². The lowest BCUT2D eigenvalue weighted by molar-refractivity contribution is 0.104. The van der Waals surface area contributed by atoms with Crippen molar-refractivity contribution in [3.63, 3.8) is 0 Å². The number of hydrogen-bond donors (Lipinski definition) is 2. The van der Waals surface area contributed by atoms with Crippen molar-refractivity contribution in [2.75, 3.05) is 26.7 Å². The van der Waals surface area contributed by atoms with Crippen LogP contribution in [0.3, 0.4) is 0 Å². The second-order valence-corrected chi connectivity index (χ2v) is 3.50. The number of nitrogens with one attached hydrogen (secondary N) is 1. The molecule has 19 heavy (non-hydrogen) atoms. The van der Waals surface area contributed by atoms with Crippen LogP contribution in [0.2, 0.25) is 0 Å². The molecule has 1 aromatic rings. The molecule has 0 aliphatic carbocycles. The van der Waals surface area contributed by atoms with Gasteiger partial charge in [0.05, 0.1) is 13.4 Å². The van der Waals surface area contributed by atoms with Crippen LogP contribution in [-0.2, 0) is 11.1 Å². The Hall–Kier alpha value is -1.10. The van der Waals surface area contributed by atoms with Crippen molar-refractivity contribution in [3.8, 4) is 5.75 Å². The Balaban J connectivity index is 3.13. The van der Waals surface area contributed by atoms with Gasteiger partial charge in [-0.05, 0) is 24.1 Å². The molecule has 0 aliphatic rings. The van der Waals surface area contributed by atoms with E-state index in [1.807, 2.05) is 5.32 Å². The molecule has 0 heterocycles. The number of aliphatic hydroxyl groups is 1. The zero-order valence-electron chi connectivity index (χ0n) is 22.7. The second kappa shape index (κ2) is 8.91. The molecule has 0 saturated heterocycles. The smallest absolute Gasteiger partial charge is 0.119 e. The van der Waals surface area contributed by atoms with Crippen LogP contribution in [0.25, 0.3) is 0 Å². The second-order valence-electron chi connectivity index (χ2n) is 3.50. The van der Waals surface area contributed by atoms with Crippen LogP contribution in [0.1, 0.15) is 35.8 Å². The first-order valence-corrected chi connectivity index (χ1v) is 5.47. The maximum atomic E-state index is 10.3. The first-order valence-electron chi connectivity index (χ1n) is 11.5. The normalized spacial score (nSPS) is 28.8. The van der Waals surface area contributed by atoms with E-state index in [9.17, 15) is 5.11 Å². The van der Waals surface area contributed by atoms with Crippen LogP contribution >= 0.6 is 0 Å². The van der Waals surface area contributed by atoms with Crippen molar-refractivity contribution in [1.82, 2.24) is 5.32 Å². The maximum Gasteiger partial charge on any atom is 0.119 e. The van der Waals surface area contributed by atoms with Gasteiger partial charge in [0, 0.05) is 29.2 Å². The Bertz CT molecular complexity index is 749. The standard InChI is InChI=1S/C15H25NO3/c1-12(2)16-10-14(17)11-19-15-6-4-13(5-7-15)8-9-18-3/h4-7,12,14,16-17H,8-11H2,1-3H3/i1D3,8D2,9D2,10D2,11D2,14D. The van der Waals surface area contributed by atoms with Crippen LogP contribution in [0.15, 0.2) is 24.3 Å². The first-order chi connectivity index (χ1) is 13.6. The summed E-state index contributed by atoms with van der Waals surface area (Å²) in [4.78, 5) is 0. The van der Waals surface area contributed by atoms with Crippen LogP contribution < -0.4 is 10.1 Å². The highest BCUT2D eigenvalue weighted by molar-refractivity contribution is 5.27. The SMILES string of the molecule is [2H]C([2H])([2H])C(C)NC([2H])([2H])C([2H])(O)C([2H])([2H])Oc1ccc(C([2H])([2H])C([2H])([2H])OC)cc1. The lowest BCUT2D eigenvalue weighted by Crippen LogP contribution is -2.35. The van der Waals surface area contributed by atoms with Gasteiger partial charge in [0.25, 0.3) is 0 Å². The number of methoxy groups -OCH3 is 1. The summed E-state index contributed by atoms with van der Waals surface area (Å²) in [5, 5.41) is 12.2. The van der Waals surface area contributed by atoms with E-state index in [4.69, 9.17) is 21.2 Å². The molecule has 0 bridgehead atoms. The largest absolute Gasteiger partial charge is 0.491 e. The Morgan fingerprint density at radius 3 is 2.84 bits per heavy atom. The van der Waals surface area contributed by atoms with Crippen molar-refractivity contribution >= 4 is 0 Å². The third kappa shape index (κ3) is 7.15. The molecule has 4 heteroatoms. The maximum absolute atomic E-state index is 10.3. The Morgan fingerprint density at radius 1 is 1.47 bits per heavy atom. The summed E-state index contributed by atoms with van der Waals surface area (Å²) in [6.07, 6.45) is -6.19. The van der Waals surface area contributed by atoms with Crippen molar-refractivity contribution in [2.45, 2.75) is 32.3 Å². The van der Waals surface area contributed by atoms with Crippen molar-refractivity contribution in [3.05, 3.63) is 29.8 Å². The molecular weight excluding hydrogens is 242 g/mol. The van der Waals surface area contributed by atoms with Gasteiger partial charge >= 0.3 is 0 Å². The molecule has 4 nitrogen and oxygen atoms in total. The van der Waals surface area contributed by atoms with E-state index in [0.29, 0.717) is 0 Å². The molecule has 0 aromatic heterocycles. The van der Waals surface area contributed by atoms with Gasteiger partial charge in [-0.15, -0.1) is 0 Å². The van der Waals surface area contributed by atoms with Gasteiger partial charge in [0.1, 0.15) is 18.4 Å². The van der Waals surface area contributed by atoms with Crippen LogP contribution in [0.5, 0.6) is 5.75 Å². The fourth-order valence-electron chi connectivity index (χ4n) is 1.03. The fourth-order valence-corrected chi connectivity index (χ4v) is 1.03. The lowest BCUT2D eigenvalue weighted by atomic mass is 10.1. The number of ether oxygens (including phenoxy) is 2. The molecule has 2 N–H and O–H groups in total. The highest BCUT2D eigenvalue weighted by Crippen LogP contribution is 2.12. The van der Waals surface area contributed by atoms with Crippen molar-refractivity contribution in [2.24, 2.45) is 0 Å². The predicted molar refractivity (Wildman–Crippen MR) is 76.7 cm³/mol. The highest BCUT2D eigenvalue weighted by Gasteiger charge is 2.05. The fraction of sp³-hybridized carbons (Fsp3) is 0.600. The lowest BCUT2D eigenvalue weighted by Gasteiger charge is -2.15. The van der Waals surface area contributed by atoms with E-state index in [1.54, 1.807) is 0 Å². The van der Waals surface area contributed by atoms with Gasteiger partial charge in [-0.25, -0.2) is 0 Å². The molecule has 108 valence electrons. The van der Waals surface area contributed by atoms with Gasteiger partial charge in [0.15, 0.2) is 0 Å². The van der Waals surface area contributed by atoms with Crippen molar-refractivity contribution < 1.29 is 31.0 Å². The molecule has 0 amide bonds. The molecule has 1 rings (SSSR count). The van der Waals surface area contributed by atoms with E-state index in [-0.39, 0.29) is 11.3 Å². The first kappa shape index (κ1) is 5.72. The third-order valence-corrected chi connectivity index (χ3v) is 1.82. The Labute approximate surface area is 132 Å². The summed E-state index contributed by atoms with van der Waals surface area (Å²) in [6, 6.07) is 2.72. The van der Waals surface area contributed by atoms with Crippen LogP contribution in [-0.4, -0.2) is 44.0 Å². The van der Waals surface area contributed by atoms with E-state index in [2.05, 4.69) is 4.74 Å². The minimum Gasteiger partial charge on any atom is -0.491 e. The molecule has 2 unspecified atom stereocenters. The van der Waals surface area contributed by atoms with E-state index < -0.39 is 45.0 Å². The monoisotopic (exact) mass is 279 g/mol. The zero-order valence-corrected chi connectivity index (χ0v) is 10.7. The molecule has 0 fully saturated rings. The molecule has 0 spiro atoms. The number of hydrogen-bond acceptors (Lipinski definition) is 4. The summed E-state index contributed by atoms with van der Waals surface area (Å²) >= 11 is 0. The molecule has 0 aliphatic heterocycles. The average Bonchev–Trinajstić information content (AvgIpc) is 2.60. The molecule has 0 radical (unpaired) electrons. The highest BCUT2D eigenvalue weighted by atomic mass is 16.5. The number of aryl methyl sites for hydroxylation is 1. The topological polar surface area (TPSA) is 50.7 Å². The predicted octanol–water partition coefficient (Wildman–Crippen LogP) is 1.61. The van der Waals surface area contributed by atoms with Gasteiger partial charge in [-0.1, -0.05) is 25.9 Å². The van der Waals surface area contributed by atoms with Gasteiger partial charge in [0.2, 0.25) is 0 Å². The summed E-state index contributed by atoms with van der Waals surface area (Å²) in [6.45, 7) is -10.9. The number of rotatable bonds is 9. The molecule has 1 aromatic carbocycles. The summed E-state index contributed by atoms with van der Waals surface area (Å²) in [5.74, 6) is -0.326. The van der Waals surface area contributed by atoms with Crippen LogP contribution in [0, 0.1) is 0 Å². The number of benzene rings is 1. The Kier molecular flexibility index (Phi) is 2.68. The third-order valence-electron chi connectivity index (χ3n) is 1.82. The Morgan fingerprint density at radius 2 is 2.21 bits per heavy atom. The van der Waals surface area contributed by atoms with E-state index in [1.165, 1.54) is 0 Å². The van der Waals surface area contributed by atoms with Gasteiger partial charge in [-0.3, -0.25) is 0 Å². The van der Waals surface area contributed by atoms with Crippen molar-refractivity contribution in [1.29, 1.82) is 0 Å². The van der Waals surface area contributed by atoms with Crippen LogP contribution in [0.4, 0.5) is 0 Å². The van der Waals surface area contributed by atoms with Gasteiger partial charge in [-0.2, -0.15) is 0 Å². The summed E-state index contributed by atoms with van der Waals surface area (Å²) in [7, 11) is 0.994. The summed E-state index contributed by atoms with van der Waals surface area (Å²) in [5.41, 5.74) is -0.170. The quantitative estimate of drug-likeness (QED) is 0.721. The minimum absolute atomic E-state index is 0.170. The van der Waals surface area contributed by atoms with Gasteiger partial charge < -0.3 is 19.9 Å². The molecular formula is C15H25NO3. The summed E-state index contributed by atoms with van der Waals surface area (Å²) < 4.78 is 101. The average molecular weight is 279 g/mol. The molecule has 2 atom stereocenters. The van der Waals surface area contributed by atoms with E-state index >= 15 is 0 Å². The zero-order chi connectivity index (χ0) is 24.7. The minimum atomic E-state index is -3.61. The molecule has 0 saturated carbocycles.